The molecule has 0 atom stereocenters. The van der Waals surface area contributed by atoms with Gasteiger partial charge < -0.3 is 10.1 Å². The normalized spacial score (nSPS) is 17.2. The highest BCUT2D eigenvalue weighted by Crippen LogP contribution is 2.29. The van der Waals surface area contributed by atoms with Crippen LogP contribution in [-0.4, -0.2) is 33.2 Å². The molecule has 1 N–H and O–H groups in total. The molecule has 2 heterocycles. The van der Waals surface area contributed by atoms with Crippen LogP contribution in [0.1, 0.15) is 47.3 Å². The van der Waals surface area contributed by atoms with Crippen molar-refractivity contribution in [3.63, 3.8) is 0 Å². The highest BCUT2D eigenvalue weighted by molar-refractivity contribution is 6.30. The lowest BCUT2D eigenvalue weighted by molar-refractivity contribution is 0.0919. The van der Waals surface area contributed by atoms with E-state index in [0.717, 1.165) is 36.7 Å². The summed E-state index contributed by atoms with van der Waals surface area (Å²) in [5.74, 6) is 0.556. The van der Waals surface area contributed by atoms with Gasteiger partial charge in [-0.25, -0.2) is 4.79 Å². The first-order chi connectivity index (χ1) is 18.4. The van der Waals surface area contributed by atoms with E-state index in [1.807, 2.05) is 24.3 Å². The fourth-order valence-corrected chi connectivity index (χ4v) is 5.51. The first-order valence-corrected chi connectivity index (χ1v) is 13.0. The Balaban J connectivity index is 1.36. The van der Waals surface area contributed by atoms with Crippen LogP contribution in [0.3, 0.4) is 0 Å². The number of amides is 1. The Labute approximate surface area is 225 Å². The summed E-state index contributed by atoms with van der Waals surface area (Å²) >= 11 is 6.03. The van der Waals surface area contributed by atoms with Gasteiger partial charge in [0.1, 0.15) is 17.4 Å². The van der Waals surface area contributed by atoms with Gasteiger partial charge in [0.15, 0.2) is 0 Å². The van der Waals surface area contributed by atoms with Crippen LogP contribution in [-0.2, 0) is 6.54 Å². The number of methoxy groups -OCH3 is 1. The van der Waals surface area contributed by atoms with E-state index in [1.54, 1.807) is 40.3 Å². The summed E-state index contributed by atoms with van der Waals surface area (Å²) in [6.45, 7) is 2.36. The highest BCUT2D eigenvalue weighted by Gasteiger charge is 2.26. The molecule has 4 aromatic rings. The predicted octanol–water partition coefficient (Wildman–Crippen LogP) is 5.02. The van der Waals surface area contributed by atoms with Crippen molar-refractivity contribution in [1.29, 1.82) is 5.26 Å². The molecule has 0 bridgehead atoms. The number of aromatic nitrogens is 3. The zero-order valence-electron chi connectivity index (χ0n) is 21.3. The number of benzene rings is 2. The molecule has 1 amide bonds. The van der Waals surface area contributed by atoms with Crippen LogP contribution in [0.5, 0.6) is 5.75 Å². The van der Waals surface area contributed by atoms with E-state index in [-0.39, 0.29) is 23.6 Å². The first kappa shape index (κ1) is 25.6. The molecular formula is C29H28ClN5O3. The third-order valence-corrected chi connectivity index (χ3v) is 7.54. The van der Waals surface area contributed by atoms with Gasteiger partial charge >= 0.3 is 5.69 Å². The van der Waals surface area contributed by atoms with Crippen molar-refractivity contribution in [3.05, 3.63) is 87.1 Å². The fraction of sp³-hybridized carbons (Fsp3) is 0.310. The monoisotopic (exact) mass is 529 g/mol. The van der Waals surface area contributed by atoms with Crippen LogP contribution < -0.4 is 15.7 Å². The third-order valence-electron chi connectivity index (χ3n) is 7.33. The van der Waals surface area contributed by atoms with Crippen molar-refractivity contribution in [2.45, 2.75) is 45.2 Å². The molecule has 1 saturated carbocycles. The van der Waals surface area contributed by atoms with E-state index in [1.165, 1.54) is 13.3 Å². The summed E-state index contributed by atoms with van der Waals surface area (Å²) in [5, 5.41) is 13.4. The molecule has 1 aliphatic rings. The minimum Gasteiger partial charge on any atom is -0.495 e. The number of imidazole rings is 1. The first-order valence-electron chi connectivity index (χ1n) is 12.6. The molecule has 38 heavy (non-hydrogen) atoms. The van der Waals surface area contributed by atoms with Crippen molar-refractivity contribution in [1.82, 2.24) is 19.4 Å². The minimum atomic E-state index is -0.185. The summed E-state index contributed by atoms with van der Waals surface area (Å²) in [5.41, 5.74) is 3.35. The number of aryl methyl sites for hydroxylation is 1. The van der Waals surface area contributed by atoms with Gasteiger partial charge in [-0.1, -0.05) is 29.8 Å². The average Bonchev–Trinajstić information content (AvgIpc) is 3.21. The fourth-order valence-electron chi connectivity index (χ4n) is 5.35. The van der Waals surface area contributed by atoms with Crippen molar-refractivity contribution in [3.8, 4) is 17.5 Å². The third kappa shape index (κ3) is 4.77. The summed E-state index contributed by atoms with van der Waals surface area (Å²) in [6.07, 6.45) is 4.95. The lowest BCUT2D eigenvalue weighted by atomic mass is 9.85. The molecule has 0 spiro atoms. The van der Waals surface area contributed by atoms with E-state index >= 15 is 0 Å². The van der Waals surface area contributed by atoms with Gasteiger partial charge in [-0.15, -0.1) is 0 Å². The zero-order chi connectivity index (χ0) is 26.8. The number of nitrogens with zero attached hydrogens (tertiary/aromatic N) is 4. The Morgan fingerprint density at radius 1 is 1.16 bits per heavy atom. The summed E-state index contributed by atoms with van der Waals surface area (Å²) in [7, 11) is 1.51. The number of nitrogens with one attached hydrogen (secondary N) is 1. The number of pyridine rings is 1. The number of fused-ring (bicyclic) bond motifs is 1. The number of hydrogen-bond donors (Lipinski definition) is 1. The second-order valence-corrected chi connectivity index (χ2v) is 10.1. The number of carbonyl (C=O) groups excluding carboxylic acids is 1. The molecule has 0 saturated heterocycles. The number of rotatable bonds is 6. The number of carbonyl (C=O) groups is 1. The topological polar surface area (TPSA) is 102 Å². The van der Waals surface area contributed by atoms with Crippen LogP contribution in [0.4, 0.5) is 0 Å². The number of halogens is 1. The van der Waals surface area contributed by atoms with Crippen LogP contribution in [0, 0.1) is 24.2 Å². The Hall–Kier alpha value is -4.09. The maximum atomic E-state index is 13.8. The van der Waals surface area contributed by atoms with E-state index in [2.05, 4.69) is 16.4 Å². The van der Waals surface area contributed by atoms with Gasteiger partial charge in [0.2, 0.25) is 0 Å². The van der Waals surface area contributed by atoms with Crippen LogP contribution >= 0.6 is 11.6 Å². The molecule has 2 aromatic heterocycles. The minimum absolute atomic E-state index is 0.0603. The SMILES string of the molecule is COc1cccc(-n2c(=O)n(CC3CCC(NC(=O)c4cc(Cl)cnc4C)CC3)c3ccccc32)c1C#N. The van der Waals surface area contributed by atoms with Crippen LogP contribution in [0.15, 0.2) is 59.5 Å². The summed E-state index contributed by atoms with van der Waals surface area (Å²) in [6, 6.07) is 16.8. The predicted molar refractivity (Wildman–Crippen MR) is 146 cm³/mol. The quantitative estimate of drug-likeness (QED) is 0.378. The Bertz CT molecular complexity index is 1610. The maximum absolute atomic E-state index is 13.8. The summed E-state index contributed by atoms with van der Waals surface area (Å²) < 4.78 is 8.78. The van der Waals surface area contributed by atoms with Crippen molar-refractivity contribution >= 4 is 28.5 Å². The standard InChI is InChI=1S/C29H28ClN5O3/c1-18-22(14-20(30)16-32-18)28(36)33-21-12-10-19(11-13-21)17-34-25-6-3-4-7-26(25)35(29(34)37)24-8-5-9-27(38-2)23(24)15-31/h3-9,14,16,19,21H,10-13,17H2,1-2H3,(H,33,36). The molecule has 2 aromatic carbocycles. The molecule has 0 unspecified atom stereocenters. The summed E-state index contributed by atoms with van der Waals surface area (Å²) in [4.78, 5) is 30.7. The maximum Gasteiger partial charge on any atom is 0.333 e. The van der Waals surface area contributed by atoms with Gasteiger partial charge in [0.25, 0.3) is 5.91 Å². The van der Waals surface area contributed by atoms with Crippen molar-refractivity contribution in [2.24, 2.45) is 5.92 Å². The van der Waals surface area contributed by atoms with Gasteiger partial charge in [0.05, 0.1) is 40.1 Å². The van der Waals surface area contributed by atoms with Crippen LogP contribution in [0.25, 0.3) is 16.7 Å². The Kier molecular flexibility index (Phi) is 7.21. The van der Waals surface area contributed by atoms with Gasteiger partial charge in [-0.3, -0.25) is 18.9 Å². The molecule has 1 fully saturated rings. The largest absolute Gasteiger partial charge is 0.495 e. The van der Waals surface area contributed by atoms with Crippen molar-refractivity contribution < 1.29 is 9.53 Å². The number of nitriles is 1. The van der Waals surface area contributed by atoms with Gasteiger partial charge in [0, 0.05) is 18.8 Å². The van der Waals surface area contributed by atoms with E-state index in [4.69, 9.17) is 16.3 Å². The molecule has 0 radical (unpaired) electrons. The highest BCUT2D eigenvalue weighted by atomic mass is 35.5. The molecule has 194 valence electrons. The van der Waals surface area contributed by atoms with Crippen molar-refractivity contribution in [2.75, 3.05) is 7.11 Å². The van der Waals surface area contributed by atoms with E-state index < -0.39 is 0 Å². The Morgan fingerprint density at radius 2 is 1.89 bits per heavy atom. The lowest BCUT2D eigenvalue weighted by Crippen LogP contribution is -2.39. The molecule has 0 aliphatic heterocycles. The molecular weight excluding hydrogens is 502 g/mol. The van der Waals surface area contributed by atoms with Crippen LogP contribution in [0.2, 0.25) is 5.02 Å². The average molecular weight is 530 g/mol. The van der Waals surface area contributed by atoms with Gasteiger partial charge in [-0.05, 0) is 68.9 Å². The molecule has 5 rings (SSSR count). The Morgan fingerprint density at radius 3 is 2.61 bits per heavy atom. The number of para-hydroxylation sites is 2. The lowest BCUT2D eigenvalue weighted by Gasteiger charge is -2.29. The second kappa shape index (κ2) is 10.7. The van der Waals surface area contributed by atoms with E-state index in [9.17, 15) is 14.9 Å². The van der Waals surface area contributed by atoms with Gasteiger partial charge in [-0.2, -0.15) is 5.26 Å². The molecule has 1 aliphatic carbocycles. The molecule has 9 heteroatoms. The zero-order valence-corrected chi connectivity index (χ0v) is 22.0. The van der Waals surface area contributed by atoms with E-state index in [0.29, 0.717) is 39.8 Å². The number of ether oxygens (including phenoxy) is 1. The molecule has 8 nitrogen and oxygen atoms in total. The number of hydrogen-bond acceptors (Lipinski definition) is 5. The second-order valence-electron chi connectivity index (χ2n) is 9.66. The smallest absolute Gasteiger partial charge is 0.333 e.